The van der Waals surface area contributed by atoms with Crippen LogP contribution in [0.4, 0.5) is 0 Å². The monoisotopic (exact) mass is 369 g/mol. The van der Waals surface area contributed by atoms with Crippen LogP contribution in [0.25, 0.3) is 22.1 Å². The molecule has 3 rings (SSSR count). The van der Waals surface area contributed by atoms with E-state index in [-0.39, 0.29) is 18.0 Å². The van der Waals surface area contributed by atoms with Crippen molar-refractivity contribution in [3.63, 3.8) is 0 Å². The normalized spacial score (nSPS) is 10.4. The molecule has 0 aliphatic heterocycles. The average Bonchev–Trinajstić information content (AvgIpc) is 2.62. The van der Waals surface area contributed by atoms with Gasteiger partial charge in [-0.25, -0.2) is 4.79 Å². The number of ether oxygens (including phenoxy) is 1. The standard InChI is InChI=1S/C21H19NO3.ClH/c1-4-12-22(2)14-16-10-11-19(24-3)20-17(16)13-18(21(23)25-20)15-8-6-5-7-9-15;/h1,5-11,13H,12,14H2,2-3H3;1H. The van der Waals surface area contributed by atoms with E-state index < -0.39 is 0 Å². The Bertz CT molecular complexity index is 990. The zero-order chi connectivity index (χ0) is 17.8. The van der Waals surface area contributed by atoms with Crippen LogP contribution in [0.3, 0.4) is 0 Å². The fourth-order valence-electron chi connectivity index (χ4n) is 2.85. The molecular formula is C21H20ClNO3. The number of halogens is 1. The van der Waals surface area contributed by atoms with Gasteiger partial charge in [0, 0.05) is 11.9 Å². The van der Waals surface area contributed by atoms with Crippen molar-refractivity contribution < 1.29 is 9.15 Å². The summed E-state index contributed by atoms with van der Waals surface area (Å²) in [5.74, 6) is 3.17. The van der Waals surface area contributed by atoms with E-state index >= 15 is 0 Å². The molecule has 0 aliphatic carbocycles. The van der Waals surface area contributed by atoms with Gasteiger partial charge in [-0.05, 0) is 30.3 Å². The predicted octanol–water partition coefficient (Wildman–Crippen LogP) is 3.96. The molecule has 2 aromatic carbocycles. The molecule has 0 unspecified atom stereocenters. The molecule has 1 heterocycles. The van der Waals surface area contributed by atoms with E-state index in [9.17, 15) is 4.79 Å². The predicted molar refractivity (Wildman–Crippen MR) is 107 cm³/mol. The maximum absolute atomic E-state index is 12.5. The fraction of sp³-hybridized carbons (Fsp3) is 0.190. The smallest absolute Gasteiger partial charge is 0.344 e. The first-order chi connectivity index (χ1) is 12.1. The van der Waals surface area contributed by atoms with Crippen molar-refractivity contribution in [2.45, 2.75) is 6.54 Å². The summed E-state index contributed by atoms with van der Waals surface area (Å²) < 4.78 is 11.0. The van der Waals surface area contributed by atoms with Crippen LogP contribution in [0, 0.1) is 12.3 Å². The first-order valence-electron chi connectivity index (χ1n) is 7.95. The summed E-state index contributed by atoms with van der Waals surface area (Å²) in [7, 11) is 3.51. The maximum atomic E-state index is 12.5. The molecule has 0 spiro atoms. The van der Waals surface area contributed by atoms with Crippen LogP contribution in [0.15, 0.2) is 57.7 Å². The topological polar surface area (TPSA) is 42.7 Å². The zero-order valence-corrected chi connectivity index (χ0v) is 15.5. The lowest BCUT2D eigenvalue weighted by Gasteiger charge is -2.16. The molecule has 0 bridgehead atoms. The lowest BCUT2D eigenvalue weighted by atomic mass is 10.0. The molecular weight excluding hydrogens is 350 g/mol. The minimum Gasteiger partial charge on any atom is -0.493 e. The lowest BCUT2D eigenvalue weighted by Crippen LogP contribution is -2.18. The second-order valence-corrected chi connectivity index (χ2v) is 5.86. The fourth-order valence-corrected chi connectivity index (χ4v) is 2.85. The molecule has 134 valence electrons. The first-order valence-corrected chi connectivity index (χ1v) is 7.95. The molecule has 0 saturated carbocycles. The van der Waals surface area contributed by atoms with Crippen molar-refractivity contribution >= 4 is 23.4 Å². The quantitative estimate of drug-likeness (QED) is 0.504. The van der Waals surface area contributed by atoms with E-state index in [0.717, 1.165) is 16.5 Å². The van der Waals surface area contributed by atoms with Gasteiger partial charge in [0.1, 0.15) is 0 Å². The highest BCUT2D eigenvalue weighted by molar-refractivity contribution is 5.89. The number of rotatable bonds is 5. The average molecular weight is 370 g/mol. The van der Waals surface area contributed by atoms with E-state index in [1.807, 2.05) is 60.5 Å². The summed E-state index contributed by atoms with van der Waals surface area (Å²) in [5, 5.41) is 0.849. The van der Waals surface area contributed by atoms with Gasteiger partial charge in [-0.3, -0.25) is 4.90 Å². The minimum atomic E-state index is -0.383. The van der Waals surface area contributed by atoms with Gasteiger partial charge in [0.2, 0.25) is 0 Å². The van der Waals surface area contributed by atoms with E-state index in [4.69, 9.17) is 15.6 Å². The van der Waals surface area contributed by atoms with Crippen molar-refractivity contribution in [2.75, 3.05) is 20.7 Å². The molecule has 5 heteroatoms. The largest absolute Gasteiger partial charge is 0.493 e. The van der Waals surface area contributed by atoms with Gasteiger partial charge in [-0.2, -0.15) is 0 Å². The highest BCUT2D eigenvalue weighted by atomic mass is 35.5. The summed E-state index contributed by atoms with van der Waals surface area (Å²) in [4.78, 5) is 14.5. The Hall–Kier alpha value is -2.74. The highest BCUT2D eigenvalue weighted by Gasteiger charge is 2.15. The van der Waals surface area contributed by atoms with E-state index in [0.29, 0.717) is 30.0 Å². The Morgan fingerprint density at radius 1 is 1.19 bits per heavy atom. The number of hydrogen-bond donors (Lipinski definition) is 0. The van der Waals surface area contributed by atoms with Crippen LogP contribution in [0.5, 0.6) is 5.75 Å². The third-order valence-electron chi connectivity index (χ3n) is 4.06. The van der Waals surface area contributed by atoms with Crippen molar-refractivity contribution in [1.29, 1.82) is 0 Å². The Morgan fingerprint density at radius 3 is 2.58 bits per heavy atom. The van der Waals surface area contributed by atoms with Gasteiger partial charge >= 0.3 is 5.63 Å². The minimum absolute atomic E-state index is 0. The molecule has 0 N–H and O–H groups in total. The Morgan fingerprint density at radius 2 is 1.92 bits per heavy atom. The molecule has 0 fully saturated rings. The van der Waals surface area contributed by atoms with Gasteiger partial charge in [-0.15, -0.1) is 18.8 Å². The lowest BCUT2D eigenvalue weighted by molar-refractivity contribution is 0.369. The van der Waals surface area contributed by atoms with E-state index in [1.54, 1.807) is 7.11 Å². The second-order valence-electron chi connectivity index (χ2n) is 5.86. The SMILES string of the molecule is C#CCN(C)Cc1ccc(OC)c2oc(=O)c(-c3ccccc3)cc12.Cl. The van der Waals surface area contributed by atoms with Gasteiger partial charge in [-0.1, -0.05) is 42.3 Å². The first kappa shape index (κ1) is 19.6. The summed E-state index contributed by atoms with van der Waals surface area (Å²) in [6, 6.07) is 15.1. The molecule has 3 aromatic rings. The van der Waals surface area contributed by atoms with Gasteiger partial charge < -0.3 is 9.15 Å². The number of fused-ring (bicyclic) bond motifs is 1. The van der Waals surface area contributed by atoms with Crippen molar-refractivity contribution in [3.8, 4) is 29.2 Å². The molecule has 4 nitrogen and oxygen atoms in total. The van der Waals surface area contributed by atoms with Crippen LogP contribution in [-0.4, -0.2) is 25.6 Å². The van der Waals surface area contributed by atoms with Gasteiger partial charge in [0.05, 0.1) is 19.2 Å². The Labute approximate surface area is 158 Å². The van der Waals surface area contributed by atoms with Crippen LogP contribution in [0.2, 0.25) is 0 Å². The molecule has 0 aliphatic rings. The number of hydrogen-bond acceptors (Lipinski definition) is 4. The summed E-state index contributed by atoms with van der Waals surface area (Å²) in [6.07, 6.45) is 5.39. The van der Waals surface area contributed by atoms with Crippen molar-refractivity contribution in [1.82, 2.24) is 4.90 Å². The molecule has 1 aromatic heterocycles. The van der Waals surface area contributed by atoms with Gasteiger partial charge in [0.25, 0.3) is 0 Å². The molecule has 0 atom stereocenters. The number of benzene rings is 2. The van der Waals surface area contributed by atoms with Crippen LogP contribution in [-0.2, 0) is 6.54 Å². The Balaban J connectivity index is 0.00000243. The van der Waals surface area contributed by atoms with Crippen LogP contribution >= 0.6 is 12.4 Å². The van der Waals surface area contributed by atoms with Crippen molar-refractivity contribution in [2.24, 2.45) is 0 Å². The van der Waals surface area contributed by atoms with E-state index in [1.165, 1.54) is 0 Å². The molecule has 0 amide bonds. The maximum Gasteiger partial charge on any atom is 0.344 e. The highest BCUT2D eigenvalue weighted by Crippen LogP contribution is 2.31. The summed E-state index contributed by atoms with van der Waals surface area (Å²) >= 11 is 0. The Kier molecular flexibility index (Phi) is 6.46. The van der Waals surface area contributed by atoms with Gasteiger partial charge in [0.15, 0.2) is 11.3 Å². The molecule has 26 heavy (non-hydrogen) atoms. The number of terminal acetylenes is 1. The number of methoxy groups -OCH3 is 1. The second kappa shape index (κ2) is 8.57. The summed E-state index contributed by atoms with van der Waals surface area (Å²) in [6.45, 7) is 1.18. The third kappa shape index (κ3) is 3.91. The van der Waals surface area contributed by atoms with Crippen LogP contribution in [0.1, 0.15) is 5.56 Å². The van der Waals surface area contributed by atoms with Crippen LogP contribution < -0.4 is 10.4 Å². The molecule has 0 saturated heterocycles. The number of nitrogens with zero attached hydrogens (tertiary/aromatic N) is 1. The zero-order valence-electron chi connectivity index (χ0n) is 14.7. The van der Waals surface area contributed by atoms with E-state index in [2.05, 4.69) is 5.92 Å². The third-order valence-corrected chi connectivity index (χ3v) is 4.06. The molecule has 0 radical (unpaired) electrons. The summed E-state index contributed by atoms with van der Waals surface area (Å²) in [5.41, 5.74) is 2.45. The van der Waals surface area contributed by atoms with Crippen molar-refractivity contribution in [3.05, 3.63) is 64.5 Å².